The van der Waals surface area contributed by atoms with E-state index < -0.39 is 6.03 Å². The van der Waals surface area contributed by atoms with E-state index in [1.165, 1.54) is 0 Å². The van der Waals surface area contributed by atoms with Crippen LogP contribution in [0.4, 0.5) is 4.79 Å². The summed E-state index contributed by atoms with van der Waals surface area (Å²) in [6.07, 6.45) is 6.73. The molecule has 4 N–H and O–H groups in total. The van der Waals surface area contributed by atoms with Gasteiger partial charge in [-0.3, -0.25) is 4.79 Å². The molecular formula is C16H22N4O3. The highest BCUT2D eigenvalue weighted by Crippen LogP contribution is 2.30. The Hall–Kier alpha value is -2.31. The minimum atomic E-state index is -0.704. The Morgan fingerprint density at radius 3 is 2.65 bits per heavy atom. The summed E-state index contributed by atoms with van der Waals surface area (Å²) in [5, 5.41) is 7.11. The van der Waals surface area contributed by atoms with Crippen LogP contribution in [0.1, 0.15) is 66.0 Å². The molecule has 7 nitrogen and oxygen atoms in total. The number of nitrogens with one attached hydrogen (secondary N) is 2. The van der Waals surface area contributed by atoms with Crippen molar-refractivity contribution in [1.29, 1.82) is 0 Å². The number of nitrogens with zero attached hydrogens (tertiary/aromatic N) is 1. The first-order valence-electron chi connectivity index (χ1n) is 8.11. The van der Waals surface area contributed by atoms with Crippen LogP contribution in [0.25, 0.3) is 0 Å². The summed E-state index contributed by atoms with van der Waals surface area (Å²) in [4.78, 5) is 23.3. The van der Waals surface area contributed by atoms with Crippen LogP contribution in [-0.4, -0.2) is 23.7 Å². The molecule has 0 aliphatic heterocycles. The van der Waals surface area contributed by atoms with Crippen LogP contribution < -0.4 is 16.5 Å². The number of primary amides is 1. The van der Waals surface area contributed by atoms with Crippen molar-refractivity contribution in [2.75, 3.05) is 0 Å². The number of rotatable bonds is 3. The summed E-state index contributed by atoms with van der Waals surface area (Å²) < 4.78 is 5.81. The normalized spacial score (nSPS) is 19.6. The maximum atomic E-state index is 12.5. The van der Waals surface area contributed by atoms with Gasteiger partial charge in [-0.2, -0.15) is 5.10 Å². The predicted molar refractivity (Wildman–Crippen MR) is 85.4 cm³/mol. The fourth-order valence-corrected chi connectivity index (χ4v) is 3.44. The second-order valence-electron chi connectivity index (χ2n) is 6.20. The van der Waals surface area contributed by atoms with Crippen LogP contribution in [0, 0.1) is 6.92 Å². The fraction of sp³-hybridized carbons (Fsp3) is 0.562. The van der Waals surface area contributed by atoms with Gasteiger partial charge in [0.25, 0.3) is 5.91 Å². The number of aryl methyl sites for hydroxylation is 1. The molecule has 0 aromatic carbocycles. The molecule has 0 radical (unpaired) electrons. The van der Waals surface area contributed by atoms with Gasteiger partial charge in [0.1, 0.15) is 5.76 Å². The molecule has 3 rings (SSSR count). The number of nitrogens with two attached hydrogens (primary N) is 1. The smallest absolute Gasteiger partial charge is 0.332 e. The molecule has 0 spiro atoms. The Morgan fingerprint density at radius 2 is 1.96 bits per heavy atom. The Labute approximate surface area is 134 Å². The van der Waals surface area contributed by atoms with Crippen LogP contribution in [0.3, 0.4) is 0 Å². The third-order valence-electron chi connectivity index (χ3n) is 4.52. The number of hydrogen-bond acceptors (Lipinski definition) is 4. The van der Waals surface area contributed by atoms with Crippen molar-refractivity contribution >= 4 is 17.6 Å². The summed E-state index contributed by atoms with van der Waals surface area (Å²) in [5.74, 6) is 0.955. The van der Waals surface area contributed by atoms with E-state index in [9.17, 15) is 9.59 Å². The van der Waals surface area contributed by atoms with E-state index in [0.717, 1.165) is 61.8 Å². The van der Waals surface area contributed by atoms with Crippen molar-refractivity contribution < 1.29 is 14.0 Å². The first kappa shape index (κ1) is 15.6. The zero-order valence-corrected chi connectivity index (χ0v) is 13.3. The largest absolute Gasteiger partial charge is 0.455 e. The second kappa shape index (κ2) is 6.44. The number of furan rings is 1. The lowest BCUT2D eigenvalue weighted by molar-refractivity contribution is 0.0907. The van der Waals surface area contributed by atoms with Gasteiger partial charge in [0.2, 0.25) is 0 Å². The molecule has 1 heterocycles. The summed E-state index contributed by atoms with van der Waals surface area (Å²) >= 11 is 0. The lowest BCUT2D eigenvalue weighted by Crippen LogP contribution is -2.32. The summed E-state index contributed by atoms with van der Waals surface area (Å²) in [7, 11) is 0. The molecule has 23 heavy (non-hydrogen) atoms. The van der Waals surface area contributed by atoms with Gasteiger partial charge in [-0.25, -0.2) is 10.2 Å². The molecule has 1 aromatic rings. The minimum Gasteiger partial charge on any atom is -0.455 e. The highest BCUT2D eigenvalue weighted by molar-refractivity contribution is 6.06. The molecule has 7 heteroatoms. The van der Waals surface area contributed by atoms with Crippen molar-refractivity contribution in [2.45, 2.75) is 57.9 Å². The van der Waals surface area contributed by atoms with E-state index in [4.69, 9.17) is 10.2 Å². The van der Waals surface area contributed by atoms with Gasteiger partial charge >= 0.3 is 6.03 Å². The second-order valence-corrected chi connectivity index (χ2v) is 6.20. The van der Waals surface area contributed by atoms with E-state index in [1.54, 1.807) is 0 Å². The standard InChI is InChI=1S/C16H22N4O3/c1-9-13-11(19-20-16(17)22)7-4-8-12(13)23-14(9)15(21)18-10-5-2-3-6-10/h10H,2-8H2,1H3,(H,18,21)(H3,17,20,22)/b19-11+. The van der Waals surface area contributed by atoms with E-state index in [-0.39, 0.29) is 11.9 Å². The van der Waals surface area contributed by atoms with Gasteiger partial charge in [-0.15, -0.1) is 0 Å². The minimum absolute atomic E-state index is 0.161. The number of fused-ring (bicyclic) bond motifs is 1. The topological polar surface area (TPSA) is 110 Å². The first-order chi connectivity index (χ1) is 11.1. The van der Waals surface area contributed by atoms with Crippen molar-refractivity contribution in [3.63, 3.8) is 0 Å². The number of carbonyl (C=O) groups excluding carboxylic acids is 2. The summed E-state index contributed by atoms with van der Waals surface area (Å²) in [6, 6.07) is -0.460. The predicted octanol–water partition coefficient (Wildman–Crippen LogP) is 1.97. The molecule has 0 bridgehead atoms. The Bertz CT molecular complexity index is 657. The third kappa shape index (κ3) is 3.23. The van der Waals surface area contributed by atoms with Gasteiger partial charge in [-0.1, -0.05) is 12.8 Å². The molecule has 0 atom stereocenters. The van der Waals surface area contributed by atoms with Crippen molar-refractivity contribution in [1.82, 2.24) is 10.7 Å². The van der Waals surface area contributed by atoms with E-state index in [1.807, 2.05) is 6.92 Å². The number of amides is 3. The van der Waals surface area contributed by atoms with E-state index in [2.05, 4.69) is 15.8 Å². The van der Waals surface area contributed by atoms with Crippen LogP contribution in [0.15, 0.2) is 9.52 Å². The maximum absolute atomic E-state index is 12.5. The molecule has 0 unspecified atom stereocenters. The number of carbonyl (C=O) groups is 2. The summed E-state index contributed by atoms with van der Waals surface area (Å²) in [5.41, 5.74) is 9.66. The quantitative estimate of drug-likeness (QED) is 0.741. The zero-order chi connectivity index (χ0) is 16.4. The highest BCUT2D eigenvalue weighted by atomic mass is 16.4. The van der Waals surface area contributed by atoms with E-state index in [0.29, 0.717) is 11.5 Å². The molecule has 2 aliphatic carbocycles. The van der Waals surface area contributed by atoms with Gasteiger partial charge in [0, 0.05) is 23.6 Å². The lowest BCUT2D eigenvalue weighted by Gasteiger charge is -2.13. The highest BCUT2D eigenvalue weighted by Gasteiger charge is 2.29. The molecule has 124 valence electrons. The van der Waals surface area contributed by atoms with Gasteiger partial charge in [0.15, 0.2) is 5.76 Å². The third-order valence-corrected chi connectivity index (χ3v) is 4.52. The van der Waals surface area contributed by atoms with Gasteiger partial charge < -0.3 is 15.5 Å². The Balaban J connectivity index is 1.85. The zero-order valence-electron chi connectivity index (χ0n) is 13.3. The summed E-state index contributed by atoms with van der Waals surface area (Å²) in [6.45, 7) is 1.86. The van der Waals surface area contributed by atoms with Crippen molar-refractivity contribution in [3.8, 4) is 0 Å². The van der Waals surface area contributed by atoms with Crippen molar-refractivity contribution in [2.24, 2.45) is 10.8 Å². The van der Waals surface area contributed by atoms with Crippen LogP contribution in [0.5, 0.6) is 0 Å². The molecule has 2 aliphatic rings. The monoisotopic (exact) mass is 318 g/mol. The molecule has 1 saturated carbocycles. The maximum Gasteiger partial charge on any atom is 0.332 e. The molecule has 0 saturated heterocycles. The van der Waals surface area contributed by atoms with Gasteiger partial charge in [0.05, 0.1) is 5.71 Å². The molecular weight excluding hydrogens is 296 g/mol. The average Bonchev–Trinajstić information content (AvgIpc) is 3.13. The first-order valence-corrected chi connectivity index (χ1v) is 8.11. The Kier molecular flexibility index (Phi) is 4.36. The number of hydrogen-bond donors (Lipinski definition) is 3. The number of urea groups is 1. The number of hydrazone groups is 1. The van der Waals surface area contributed by atoms with Gasteiger partial charge in [-0.05, 0) is 32.6 Å². The SMILES string of the molecule is Cc1c(C(=O)NC2CCCC2)oc2c1/C(=N/NC(N)=O)CCC2. The molecule has 1 aromatic heterocycles. The van der Waals surface area contributed by atoms with Crippen LogP contribution >= 0.6 is 0 Å². The molecule has 3 amide bonds. The lowest BCUT2D eigenvalue weighted by atomic mass is 9.93. The van der Waals surface area contributed by atoms with Crippen molar-refractivity contribution in [3.05, 3.63) is 22.6 Å². The molecule has 1 fully saturated rings. The fourth-order valence-electron chi connectivity index (χ4n) is 3.44. The van der Waals surface area contributed by atoms with E-state index >= 15 is 0 Å². The van der Waals surface area contributed by atoms with Crippen LogP contribution in [0.2, 0.25) is 0 Å². The van der Waals surface area contributed by atoms with Crippen LogP contribution in [-0.2, 0) is 6.42 Å². The Morgan fingerprint density at radius 1 is 1.22 bits per heavy atom. The average molecular weight is 318 g/mol.